The molecule has 0 aliphatic carbocycles. The van der Waals surface area contributed by atoms with E-state index < -0.39 is 10.5 Å². The van der Waals surface area contributed by atoms with E-state index >= 15 is 0 Å². The van der Waals surface area contributed by atoms with Gasteiger partial charge in [0.25, 0.3) is 5.69 Å². The van der Waals surface area contributed by atoms with Crippen LogP contribution in [0.25, 0.3) is 6.08 Å². The number of rotatable bonds is 3. The molecule has 0 radical (unpaired) electrons. The Kier molecular flexibility index (Phi) is 4.37. The van der Waals surface area contributed by atoms with E-state index in [1.165, 1.54) is 18.2 Å². The summed E-state index contributed by atoms with van der Waals surface area (Å²) >= 11 is 0. The summed E-state index contributed by atoms with van der Waals surface area (Å²) in [6.07, 6.45) is 4.11. The smallest absolute Gasteiger partial charge is 0.270 e. The standard InChI is InChI=1S/C15H18N2O4/c1-15(19)7-9-16(10-8-15)14(18)6-5-12-3-2-4-13(11-12)17(20)21/h2-6,11,19H,7-10H2,1H3/b6-5+. The SMILES string of the molecule is CC1(O)CCN(C(=O)/C=C/c2cccc([N+](=O)[O-])c2)CC1. The van der Waals surface area contributed by atoms with Gasteiger partial charge in [-0.1, -0.05) is 12.1 Å². The number of nitro groups is 1. The van der Waals surface area contributed by atoms with E-state index in [9.17, 15) is 20.0 Å². The lowest BCUT2D eigenvalue weighted by Gasteiger charge is -2.35. The molecule has 0 unspecified atom stereocenters. The topological polar surface area (TPSA) is 83.7 Å². The van der Waals surface area contributed by atoms with Crippen LogP contribution in [0.2, 0.25) is 0 Å². The first kappa shape index (κ1) is 15.2. The van der Waals surface area contributed by atoms with Gasteiger partial charge < -0.3 is 10.0 Å². The van der Waals surface area contributed by atoms with Gasteiger partial charge in [0.2, 0.25) is 5.91 Å². The zero-order chi connectivity index (χ0) is 15.5. The highest BCUT2D eigenvalue weighted by Crippen LogP contribution is 2.21. The summed E-state index contributed by atoms with van der Waals surface area (Å²) in [6, 6.07) is 6.12. The Morgan fingerprint density at radius 2 is 2.10 bits per heavy atom. The Labute approximate surface area is 122 Å². The highest BCUT2D eigenvalue weighted by molar-refractivity contribution is 5.91. The summed E-state index contributed by atoms with van der Waals surface area (Å²) in [5.74, 6) is -0.142. The molecule has 1 aromatic rings. The summed E-state index contributed by atoms with van der Waals surface area (Å²) in [5, 5.41) is 20.5. The van der Waals surface area contributed by atoms with Crippen LogP contribution < -0.4 is 0 Å². The van der Waals surface area contributed by atoms with Crippen molar-refractivity contribution in [3.05, 3.63) is 46.0 Å². The second-order valence-corrected chi connectivity index (χ2v) is 5.51. The number of piperidine rings is 1. The van der Waals surface area contributed by atoms with Crippen LogP contribution in [0.15, 0.2) is 30.3 Å². The van der Waals surface area contributed by atoms with Gasteiger partial charge in [-0.3, -0.25) is 14.9 Å². The van der Waals surface area contributed by atoms with Crippen molar-refractivity contribution in [1.29, 1.82) is 0 Å². The lowest BCUT2D eigenvalue weighted by atomic mass is 9.94. The third-order valence-corrected chi connectivity index (χ3v) is 3.65. The predicted molar refractivity (Wildman–Crippen MR) is 78.6 cm³/mol. The third kappa shape index (κ3) is 4.13. The minimum absolute atomic E-state index is 0.00128. The molecular formula is C15H18N2O4. The normalized spacial score (nSPS) is 17.9. The highest BCUT2D eigenvalue weighted by atomic mass is 16.6. The Morgan fingerprint density at radius 1 is 1.43 bits per heavy atom. The van der Waals surface area contributed by atoms with Gasteiger partial charge in [-0.15, -0.1) is 0 Å². The molecule has 0 bridgehead atoms. The van der Waals surface area contributed by atoms with Crippen molar-refractivity contribution in [3.8, 4) is 0 Å². The molecule has 6 heteroatoms. The summed E-state index contributed by atoms with van der Waals surface area (Å²) in [5.41, 5.74) is -0.0826. The van der Waals surface area contributed by atoms with E-state index in [2.05, 4.69) is 0 Å². The van der Waals surface area contributed by atoms with E-state index in [4.69, 9.17) is 0 Å². The maximum Gasteiger partial charge on any atom is 0.270 e. The summed E-state index contributed by atoms with van der Waals surface area (Å²) in [7, 11) is 0. The van der Waals surface area contributed by atoms with Crippen LogP contribution in [0.1, 0.15) is 25.3 Å². The monoisotopic (exact) mass is 290 g/mol. The number of carbonyl (C=O) groups excluding carboxylic acids is 1. The van der Waals surface area contributed by atoms with Crippen LogP contribution in [0.5, 0.6) is 0 Å². The van der Waals surface area contributed by atoms with Crippen molar-refractivity contribution in [2.75, 3.05) is 13.1 Å². The first-order valence-corrected chi connectivity index (χ1v) is 6.81. The minimum Gasteiger partial charge on any atom is -0.390 e. The van der Waals surface area contributed by atoms with Crippen molar-refractivity contribution in [2.24, 2.45) is 0 Å². The van der Waals surface area contributed by atoms with Crippen LogP contribution in [0.3, 0.4) is 0 Å². The second-order valence-electron chi connectivity index (χ2n) is 5.51. The molecule has 1 fully saturated rings. The molecule has 1 aromatic carbocycles. The van der Waals surface area contributed by atoms with Crippen molar-refractivity contribution in [2.45, 2.75) is 25.4 Å². The van der Waals surface area contributed by atoms with E-state index in [0.29, 0.717) is 31.5 Å². The highest BCUT2D eigenvalue weighted by Gasteiger charge is 2.28. The number of nitrogens with zero attached hydrogens (tertiary/aromatic N) is 2. The molecule has 0 aromatic heterocycles. The van der Waals surface area contributed by atoms with Crippen LogP contribution in [-0.4, -0.2) is 39.5 Å². The van der Waals surface area contributed by atoms with E-state index in [-0.39, 0.29) is 11.6 Å². The number of amides is 1. The minimum atomic E-state index is -0.694. The largest absolute Gasteiger partial charge is 0.390 e. The molecular weight excluding hydrogens is 272 g/mol. The van der Waals surface area contributed by atoms with Crippen molar-refractivity contribution in [1.82, 2.24) is 4.90 Å². The number of aliphatic hydroxyl groups is 1. The molecule has 1 heterocycles. The number of carbonyl (C=O) groups is 1. The molecule has 1 saturated heterocycles. The van der Waals surface area contributed by atoms with E-state index in [1.807, 2.05) is 0 Å². The third-order valence-electron chi connectivity index (χ3n) is 3.65. The first-order valence-electron chi connectivity index (χ1n) is 6.81. The molecule has 1 N–H and O–H groups in total. The fourth-order valence-corrected chi connectivity index (χ4v) is 2.22. The van der Waals surface area contributed by atoms with Gasteiger partial charge in [0.05, 0.1) is 10.5 Å². The Morgan fingerprint density at radius 3 is 2.71 bits per heavy atom. The molecule has 2 rings (SSSR count). The number of nitro benzene ring substituents is 1. The van der Waals surface area contributed by atoms with Gasteiger partial charge in [-0.2, -0.15) is 0 Å². The maximum atomic E-state index is 12.0. The first-order chi connectivity index (χ1) is 9.87. The van der Waals surface area contributed by atoms with Crippen molar-refractivity contribution >= 4 is 17.7 Å². The van der Waals surface area contributed by atoms with Gasteiger partial charge >= 0.3 is 0 Å². The average Bonchev–Trinajstić information content (AvgIpc) is 2.45. The number of non-ortho nitro benzene ring substituents is 1. The molecule has 0 spiro atoms. The van der Waals surface area contributed by atoms with Gasteiger partial charge in [0, 0.05) is 31.3 Å². The number of hydrogen-bond acceptors (Lipinski definition) is 4. The quantitative estimate of drug-likeness (QED) is 0.524. The Hall–Kier alpha value is -2.21. The second kappa shape index (κ2) is 6.05. The van der Waals surface area contributed by atoms with Crippen molar-refractivity contribution < 1.29 is 14.8 Å². The summed E-state index contributed by atoms with van der Waals surface area (Å²) < 4.78 is 0. The van der Waals surface area contributed by atoms with Gasteiger partial charge in [0.15, 0.2) is 0 Å². The van der Waals surface area contributed by atoms with Crippen LogP contribution in [-0.2, 0) is 4.79 Å². The van der Waals surface area contributed by atoms with Gasteiger partial charge in [0.1, 0.15) is 0 Å². The Balaban J connectivity index is 1.99. The lowest BCUT2D eigenvalue weighted by Crippen LogP contribution is -2.44. The molecule has 1 amide bonds. The Bertz CT molecular complexity index is 571. The summed E-state index contributed by atoms with van der Waals surface area (Å²) in [6.45, 7) is 2.81. The van der Waals surface area contributed by atoms with Gasteiger partial charge in [-0.25, -0.2) is 0 Å². The zero-order valence-corrected chi connectivity index (χ0v) is 11.9. The van der Waals surface area contributed by atoms with E-state index in [1.54, 1.807) is 30.0 Å². The number of likely N-dealkylation sites (tertiary alicyclic amines) is 1. The van der Waals surface area contributed by atoms with Crippen LogP contribution in [0.4, 0.5) is 5.69 Å². The van der Waals surface area contributed by atoms with E-state index in [0.717, 1.165) is 0 Å². The number of benzene rings is 1. The number of hydrogen-bond donors (Lipinski definition) is 1. The maximum absolute atomic E-state index is 12.0. The van der Waals surface area contributed by atoms with Gasteiger partial charge in [-0.05, 0) is 31.4 Å². The average molecular weight is 290 g/mol. The fourth-order valence-electron chi connectivity index (χ4n) is 2.22. The molecule has 112 valence electrons. The zero-order valence-electron chi connectivity index (χ0n) is 11.9. The fraction of sp³-hybridized carbons (Fsp3) is 0.400. The lowest BCUT2D eigenvalue weighted by molar-refractivity contribution is -0.384. The molecule has 1 aliphatic heterocycles. The molecule has 1 aliphatic rings. The molecule has 0 saturated carbocycles. The van der Waals surface area contributed by atoms with Crippen molar-refractivity contribution in [3.63, 3.8) is 0 Å². The van der Waals surface area contributed by atoms with Crippen LogP contribution in [0, 0.1) is 10.1 Å². The molecule has 6 nitrogen and oxygen atoms in total. The molecule has 21 heavy (non-hydrogen) atoms. The predicted octanol–water partition coefficient (Wildman–Crippen LogP) is 1.98. The molecule has 0 atom stereocenters. The summed E-state index contributed by atoms with van der Waals surface area (Å²) in [4.78, 5) is 23.9. The van der Waals surface area contributed by atoms with Crippen LogP contribution >= 0.6 is 0 Å².